The second-order valence-electron chi connectivity index (χ2n) is 12.5. The van der Waals surface area contributed by atoms with Crippen LogP contribution in [0, 0.1) is 18.8 Å². The summed E-state index contributed by atoms with van der Waals surface area (Å²) in [5, 5.41) is 9.50. The first-order valence-electron chi connectivity index (χ1n) is 14.8. The van der Waals surface area contributed by atoms with E-state index in [0.717, 1.165) is 49.2 Å². The lowest BCUT2D eigenvalue weighted by Gasteiger charge is -2.32. The van der Waals surface area contributed by atoms with Crippen molar-refractivity contribution in [3.05, 3.63) is 28.8 Å². The number of ether oxygens (including phenoxy) is 2. The molecule has 0 aromatic heterocycles. The van der Waals surface area contributed by atoms with Crippen LogP contribution >= 0.6 is 0 Å². The number of carbonyl (C=O) groups excluding carboxylic acids is 3. The molecule has 1 heterocycles. The van der Waals surface area contributed by atoms with Gasteiger partial charge in [0.15, 0.2) is 0 Å². The van der Waals surface area contributed by atoms with Gasteiger partial charge in [0.1, 0.15) is 5.75 Å². The Morgan fingerprint density at radius 3 is 2.45 bits per heavy atom. The number of rotatable bonds is 15. The van der Waals surface area contributed by atoms with Crippen LogP contribution in [0.25, 0.3) is 0 Å². The van der Waals surface area contributed by atoms with Crippen LogP contribution in [0.5, 0.6) is 5.75 Å². The molecule has 1 aromatic rings. The van der Waals surface area contributed by atoms with Crippen LogP contribution in [0.1, 0.15) is 81.8 Å². The van der Waals surface area contributed by atoms with Gasteiger partial charge in [0.25, 0.3) is 5.91 Å². The van der Waals surface area contributed by atoms with Crippen molar-refractivity contribution in [2.24, 2.45) is 11.8 Å². The third-order valence-electron chi connectivity index (χ3n) is 7.65. The van der Waals surface area contributed by atoms with E-state index in [2.05, 4.69) is 16.0 Å². The number of hydrogen-bond donors (Lipinski definition) is 3. The van der Waals surface area contributed by atoms with Crippen molar-refractivity contribution in [3.8, 4) is 5.75 Å². The zero-order chi connectivity index (χ0) is 29.4. The molecule has 9 heteroatoms. The van der Waals surface area contributed by atoms with E-state index in [0.29, 0.717) is 31.7 Å². The summed E-state index contributed by atoms with van der Waals surface area (Å²) in [6.45, 7) is 14.6. The van der Waals surface area contributed by atoms with Crippen LogP contribution in [0.4, 0.5) is 0 Å². The van der Waals surface area contributed by atoms with E-state index in [4.69, 9.17) is 9.47 Å². The molecule has 0 unspecified atom stereocenters. The number of amides is 3. The molecule has 1 aromatic carbocycles. The van der Waals surface area contributed by atoms with Crippen LogP contribution in [-0.2, 0) is 20.7 Å². The van der Waals surface area contributed by atoms with E-state index in [1.807, 2.05) is 51.7 Å². The van der Waals surface area contributed by atoms with Gasteiger partial charge in [0.2, 0.25) is 11.8 Å². The van der Waals surface area contributed by atoms with E-state index in [-0.39, 0.29) is 48.1 Å². The molecule has 1 saturated heterocycles. The quantitative estimate of drug-likeness (QED) is 0.285. The Kier molecular flexibility index (Phi) is 11.4. The summed E-state index contributed by atoms with van der Waals surface area (Å²) in [6.07, 6.45) is 3.76. The molecule has 2 fully saturated rings. The third-order valence-corrected chi connectivity index (χ3v) is 7.65. The molecular formula is C31H50N4O5. The first-order valence-corrected chi connectivity index (χ1v) is 14.8. The molecule has 0 radical (unpaired) electrons. The molecule has 2 aliphatic rings. The topological polar surface area (TPSA) is 109 Å². The van der Waals surface area contributed by atoms with Crippen molar-refractivity contribution in [2.45, 2.75) is 91.3 Å². The molecule has 3 rings (SSSR count). The average molecular weight is 559 g/mol. The standard InChI is InChI=1S/C31H50N4O5/c1-20(2)33-30(38)26-12-9-21(3)29(40-14-8-13-39-7)27(26)15-23-17-32-18-24(23)19-35(25-10-11-25)28(37)16-31(5,6)34-22(4)36/h9,12,20,23-25,32H,8,10-11,13-19H2,1-7H3,(H,33,38)(H,34,36)/t23-,24+/m1/s1. The third kappa shape index (κ3) is 9.20. The van der Waals surface area contributed by atoms with Crippen LogP contribution in [-0.4, -0.2) is 80.2 Å². The van der Waals surface area contributed by atoms with Crippen molar-refractivity contribution in [2.75, 3.05) is 40.0 Å². The van der Waals surface area contributed by atoms with Gasteiger partial charge in [-0.3, -0.25) is 14.4 Å². The minimum absolute atomic E-state index is 0.0217. The maximum absolute atomic E-state index is 13.5. The van der Waals surface area contributed by atoms with Gasteiger partial charge in [0, 0.05) is 68.8 Å². The first-order chi connectivity index (χ1) is 18.9. The zero-order valence-electron chi connectivity index (χ0n) is 25.5. The summed E-state index contributed by atoms with van der Waals surface area (Å²) in [5.41, 5.74) is 1.99. The molecule has 0 spiro atoms. The Hall–Kier alpha value is -2.65. The zero-order valence-corrected chi connectivity index (χ0v) is 25.5. The second-order valence-corrected chi connectivity index (χ2v) is 12.5. The Morgan fingerprint density at radius 1 is 1.12 bits per heavy atom. The molecule has 1 saturated carbocycles. The van der Waals surface area contributed by atoms with Crippen LogP contribution in [0.15, 0.2) is 12.1 Å². The van der Waals surface area contributed by atoms with Crippen LogP contribution in [0.2, 0.25) is 0 Å². The number of carbonyl (C=O) groups is 3. The summed E-state index contributed by atoms with van der Waals surface area (Å²) in [5.74, 6) is 1.13. The highest BCUT2D eigenvalue weighted by molar-refractivity contribution is 5.96. The Labute approximate surface area is 240 Å². The Balaban J connectivity index is 1.82. The fourth-order valence-corrected chi connectivity index (χ4v) is 5.67. The van der Waals surface area contributed by atoms with Crippen molar-refractivity contribution in [1.82, 2.24) is 20.9 Å². The summed E-state index contributed by atoms with van der Waals surface area (Å²) >= 11 is 0. The van der Waals surface area contributed by atoms with Gasteiger partial charge in [-0.1, -0.05) is 6.07 Å². The number of nitrogens with zero attached hydrogens (tertiary/aromatic N) is 1. The monoisotopic (exact) mass is 558 g/mol. The second kappa shape index (κ2) is 14.3. The molecule has 9 nitrogen and oxygen atoms in total. The minimum atomic E-state index is -0.599. The highest BCUT2D eigenvalue weighted by Crippen LogP contribution is 2.35. The highest BCUT2D eigenvalue weighted by Gasteiger charge is 2.39. The maximum Gasteiger partial charge on any atom is 0.251 e. The lowest BCUT2D eigenvalue weighted by atomic mass is 9.86. The van der Waals surface area contributed by atoms with E-state index >= 15 is 0 Å². The van der Waals surface area contributed by atoms with Crippen LogP contribution < -0.4 is 20.7 Å². The van der Waals surface area contributed by atoms with Gasteiger partial charge >= 0.3 is 0 Å². The lowest BCUT2D eigenvalue weighted by molar-refractivity contribution is -0.134. The van der Waals surface area contributed by atoms with Crippen molar-refractivity contribution in [3.63, 3.8) is 0 Å². The molecule has 1 aliphatic carbocycles. The normalized spacial score (nSPS) is 19.0. The van der Waals surface area contributed by atoms with Crippen LogP contribution in [0.3, 0.4) is 0 Å². The SMILES string of the molecule is COCCCOc1c(C)ccc(C(=O)NC(C)C)c1C[C@@H]1CNC[C@H]1CN(C(=O)CC(C)(C)NC(C)=O)C1CC1. The van der Waals surface area contributed by atoms with Gasteiger partial charge in [-0.2, -0.15) is 0 Å². The minimum Gasteiger partial charge on any atom is -0.493 e. The van der Waals surface area contributed by atoms with E-state index < -0.39 is 5.54 Å². The van der Waals surface area contributed by atoms with E-state index in [1.54, 1.807) is 7.11 Å². The number of nitrogens with one attached hydrogen (secondary N) is 3. The molecule has 2 atom stereocenters. The summed E-state index contributed by atoms with van der Waals surface area (Å²) in [6, 6.07) is 4.16. The predicted octanol–water partition coefficient (Wildman–Crippen LogP) is 3.22. The fraction of sp³-hybridized carbons (Fsp3) is 0.710. The summed E-state index contributed by atoms with van der Waals surface area (Å²) in [7, 11) is 1.68. The Morgan fingerprint density at radius 2 is 1.82 bits per heavy atom. The van der Waals surface area contributed by atoms with Gasteiger partial charge in [-0.05, 0) is 90.4 Å². The number of methoxy groups -OCH3 is 1. The number of benzene rings is 1. The Bertz CT molecular complexity index is 1040. The summed E-state index contributed by atoms with van der Waals surface area (Å²) in [4.78, 5) is 40.4. The first kappa shape index (κ1) is 31.9. The number of aryl methyl sites for hydroxylation is 1. The molecular weight excluding hydrogens is 508 g/mol. The lowest BCUT2D eigenvalue weighted by Crippen LogP contribution is -2.48. The highest BCUT2D eigenvalue weighted by atomic mass is 16.5. The van der Waals surface area contributed by atoms with E-state index in [1.165, 1.54) is 6.92 Å². The van der Waals surface area contributed by atoms with Crippen molar-refractivity contribution in [1.29, 1.82) is 0 Å². The molecule has 3 amide bonds. The van der Waals surface area contributed by atoms with Crippen molar-refractivity contribution < 1.29 is 23.9 Å². The largest absolute Gasteiger partial charge is 0.493 e. The molecule has 224 valence electrons. The maximum atomic E-state index is 13.5. The van der Waals surface area contributed by atoms with Gasteiger partial charge in [-0.25, -0.2) is 0 Å². The smallest absolute Gasteiger partial charge is 0.251 e. The van der Waals surface area contributed by atoms with Gasteiger partial charge in [-0.15, -0.1) is 0 Å². The fourth-order valence-electron chi connectivity index (χ4n) is 5.67. The number of hydrogen-bond acceptors (Lipinski definition) is 6. The molecule has 1 aliphatic heterocycles. The average Bonchev–Trinajstić information content (AvgIpc) is 3.59. The van der Waals surface area contributed by atoms with Gasteiger partial charge in [0.05, 0.1) is 6.61 Å². The predicted molar refractivity (Wildman–Crippen MR) is 157 cm³/mol. The van der Waals surface area contributed by atoms with Crippen molar-refractivity contribution >= 4 is 17.7 Å². The van der Waals surface area contributed by atoms with Gasteiger partial charge < -0.3 is 30.3 Å². The molecule has 0 bridgehead atoms. The molecule has 3 N–H and O–H groups in total. The van der Waals surface area contributed by atoms with E-state index in [9.17, 15) is 14.4 Å². The molecule has 40 heavy (non-hydrogen) atoms. The summed E-state index contributed by atoms with van der Waals surface area (Å²) < 4.78 is 11.5.